The van der Waals surface area contributed by atoms with Gasteiger partial charge in [0.2, 0.25) is 0 Å². The molecule has 0 radical (unpaired) electrons. The van der Waals surface area contributed by atoms with Gasteiger partial charge in [-0.05, 0) is 36.8 Å². The molecule has 1 N–H and O–H groups in total. The Morgan fingerprint density at radius 1 is 1.50 bits per heavy atom. The van der Waals surface area contributed by atoms with Crippen molar-refractivity contribution in [2.75, 3.05) is 11.4 Å². The van der Waals surface area contributed by atoms with Gasteiger partial charge in [-0.1, -0.05) is 24.7 Å². The summed E-state index contributed by atoms with van der Waals surface area (Å²) < 4.78 is 0. The first-order valence-electron chi connectivity index (χ1n) is 7.17. The molecule has 20 heavy (non-hydrogen) atoms. The second kappa shape index (κ2) is 5.84. The predicted octanol–water partition coefficient (Wildman–Crippen LogP) is 3.77. The van der Waals surface area contributed by atoms with Crippen LogP contribution in [0, 0.1) is 0 Å². The van der Waals surface area contributed by atoms with E-state index in [-0.39, 0.29) is 6.61 Å². The van der Waals surface area contributed by atoms with E-state index in [1.165, 1.54) is 10.4 Å². The number of fused-ring (bicyclic) bond motifs is 1. The molecule has 0 saturated carbocycles. The normalized spacial score (nSPS) is 18.4. The van der Waals surface area contributed by atoms with E-state index >= 15 is 0 Å². The lowest BCUT2D eigenvalue weighted by molar-refractivity contribution is 0.284. The number of aryl methyl sites for hydroxylation is 1. The molecule has 0 saturated heterocycles. The third kappa shape index (κ3) is 2.38. The van der Waals surface area contributed by atoms with Crippen LogP contribution < -0.4 is 4.90 Å². The van der Waals surface area contributed by atoms with Crippen LogP contribution in [0.25, 0.3) is 0 Å². The van der Waals surface area contributed by atoms with Crippen LogP contribution in [0.4, 0.5) is 5.13 Å². The molecular formula is C15H20N2OS2. The quantitative estimate of drug-likeness (QED) is 0.934. The number of anilines is 1. The molecule has 3 heterocycles. The maximum Gasteiger partial charge on any atom is 0.186 e. The fraction of sp³-hybridized carbons (Fsp3) is 0.533. The van der Waals surface area contributed by atoms with Crippen molar-refractivity contribution in [1.82, 2.24) is 4.98 Å². The van der Waals surface area contributed by atoms with Crippen LogP contribution in [0.15, 0.2) is 11.4 Å². The molecule has 0 bridgehead atoms. The van der Waals surface area contributed by atoms with E-state index < -0.39 is 0 Å². The van der Waals surface area contributed by atoms with Gasteiger partial charge in [-0.15, -0.1) is 11.3 Å². The number of aliphatic hydroxyl groups is 1. The Bertz CT molecular complexity index is 590. The zero-order valence-electron chi connectivity index (χ0n) is 11.9. The first kappa shape index (κ1) is 14.0. The summed E-state index contributed by atoms with van der Waals surface area (Å²) >= 11 is 3.52. The Kier molecular flexibility index (Phi) is 4.10. The SMILES string of the molecule is CCCc1nc(N2CCc3sccc3C2C)sc1CO. The molecule has 2 aromatic heterocycles. The number of nitrogens with zero attached hydrogens (tertiary/aromatic N) is 2. The molecule has 0 amide bonds. The lowest BCUT2D eigenvalue weighted by Gasteiger charge is -2.33. The van der Waals surface area contributed by atoms with Gasteiger partial charge in [0.1, 0.15) is 0 Å². The first-order chi connectivity index (χ1) is 9.74. The van der Waals surface area contributed by atoms with Gasteiger partial charge in [0.25, 0.3) is 0 Å². The highest BCUT2D eigenvalue weighted by molar-refractivity contribution is 7.15. The highest BCUT2D eigenvalue weighted by Gasteiger charge is 2.27. The number of aliphatic hydroxyl groups excluding tert-OH is 1. The minimum atomic E-state index is 0.110. The number of hydrogen-bond donors (Lipinski definition) is 1. The Hall–Kier alpha value is -0.910. The average molecular weight is 308 g/mol. The van der Waals surface area contributed by atoms with E-state index in [4.69, 9.17) is 4.98 Å². The molecule has 1 aliphatic heterocycles. The number of aromatic nitrogens is 1. The van der Waals surface area contributed by atoms with Crippen molar-refractivity contribution in [1.29, 1.82) is 0 Å². The molecule has 108 valence electrons. The topological polar surface area (TPSA) is 36.4 Å². The fourth-order valence-electron chi connectivity index (χ4n) is 2.82. The Labute approximate surface area is 127 Å². The highest BCUT2D eigenvalue weighted by Crippen LogP contribution is 2.38. The van der Waals surface area contributed by atoms with E-state index in [1.807, 2.05) is 11.3 Å². The fourth-order valence-corrected chi connectivity index (χ4v) is 4.85. The number of thiazole rings is 1. The molecule has 1 atom stereocenters. The molecule has 0 fully saturated rings. The molecular weight excluding hydrogens is 288 g/mol. The zero-order chi connectivity index (χ0) is 14.1. The molecule has 3 nitrogen and oxygen atoms in total. The van der Waals surface area contributed by atoms with Gasteiger partial charge in [-0.25, -0.2) is 4.98 Å². The van der Waals surface area contributed by atoms with Crippen molar-refractivity contribution in [3.05, 3.63) is 32.5 Å². The van der Waals surface area contributed by atoms with E-state index in [2.05, 4.69) is 30.2 Å². The Morgan fingerprint density at radius 2 is 2.35 bits per heavy atom. The van der Waals surface area contributed by atoms with Crippen molar-refractivity contribution in [3.8, 4) is 0 Å². The second-order valence-corrected chi connectivity index (χ2v) is 7.26. The van der Waals surface area contributed by atoms with Crippen LogP contribution in [-0.2, 0) is 19.4 Å². The molecule has 1 unspecified atom stereocenters. The zero-order valence-corrected chi connectivity index (χ0v) is 13.6. The first-order valence-corrected chi connectivity index (χ1v) is 8.86. The number of thiophene rings is 1. The van der Waals surface area contributed by atoms with Crippen LogP contribution in [0.5, 0.6) is 0 Å². The van der Waals surface area contributed by atoms with Crippen LogP contribution in [0.2, 0.25) is 0 Å². The summed E-state index contributed by atoms with van der Waals surface area (Å²) in [4.78, 5) is 9.72. The van der Waals surface area contributed by atoms with Crippen molar-refractivity contribution in [2.45, 2.75) is 45.8 Å². The molecule has 2 aromatic rings. The van der Waals surface area contributed by atoms with E-state index in [0.717, 1.165) is 41.5 Å². The summed E-state index contributed by atoms with van der Waals surface area (Å²) in [7, 11) is 0. The molecule has 0 spiro atoms. The third-order valence-electron chi connectivity index (χ3n) is 3.92. The largest absolute Gasteiger partial charge is 0.391 e. The third-order valence-corrected chi connectivity index (χ3v) is 6.04. The summed E-state index contributed by atoms with van der Waals surface area (Å²) in [6.45, 7) is 5.54. The molecule has 0 aromatic carbocycles. The lowest BCUT2D eigenvalue weighted by atomic mass is 10.0. The average Bonchev–Trinajstić information content (AvgIpc) is 3.06. The number of rotatable bonds is 4. The van der Waals surface area contributed by atoms with Gasteiger partial charge >= 0.3 is 0 Å². The lowest BCUT2D eigenvalue weighted by Crippen LogP contribution is -2.32. The van der Waals surface area contributed by atoms with Crippen molar-refractivity contribution in [2.24, 2.45) is 0 Å². The van der Waals surface area contributed by atoms with Gasteiger partial charge in [0.05, 0.1) is 23.2 Å². The summed E-state index contributed by atoms with van der Waals surface area (Å²) in [6.07, 6.45) is 3.13. The van der Waals surface area contributed by atoms with E-state index in [9.17, 15) is 5.11 Å². The van der Waals surface area contributed by atoms with Gasteiger partial charge in [0, 0.05) is 11.4 Å². The minimum Gasteiger partial charge on any atom is -0.391 e. The van der Waals surface area contributed by atoms with Crippen LogP contribution in [0.1, 0.15) is 47.3 Å². The monoisotopic (exact) mass is 308 g/mol. The summed E-state index contributed by atoms with van der Waals surface area (Å²) in [5, 5.41) is 12.8. The van der Waals surface area contributed by atoms with Gasteiger partial charge in [-0.3, -0.25) is 0 Å². The molecule has 0 aliphatic carbocycles. The second-order valence-electron chi connectivity index (χ2n) is 5.19. The summed E-state index contributed by atoms with van der Waals surface area (Å²) in [6, 6.07) is 2.63. The van der Waals surface area contributed by atoms with Crippen molar-refractivity contribution < 1.29 is 5.11 Å². The van der Waals surface area contributed by atoms with Crippen molar-refractivity contribution in [3.63, 3.8) is 0 Å². The maximum atomic E-state index is 9.50. The van der Waals surface area contributed by atoms with Gasteiger partial charge in [0.15, 0.2) is 5.13 Å². The smallest absolute Gasteiger partial charge is 0.186 e. The molecule has 5 heteroatoms. The van der Waals surface area contributed by atoms with Crippen LogP contribution >= 0.6 is 22.7 Å². The summed E-state index contributed by atoms with van der Waals surface area (Å²) in [5.41, 5.74) is 2.53. The van der Waals surface area contributed by atoms with Gasteiger partial charge < -0.3 is 10.0 Å². The van der Waals surface area contributed by atoms with E-state index in [1.54, 1.807) is 11.3 Å². The predicted molar refractivity (Wildman–Crippen MR) is 85.8 cm³/mol. The van der Waals surface area contributed by atoms with Crippen LogP contribution in [-0.4, -0.2) is 16.6 Å². The Morgan fingerprint density at radius 3 is 3.10 bits per heavy atom. The maximum absolute atomic E-state index is 9.50. The number of hydrogen-bond acceptors (Lipinski definition) is 5. The van der Waals surface area contributed by atoms with Crippen molar-refractivity contribution >= 4 is 27.8 Å². The van der Waals surface area contributed by atoms with Gasteiger partial charge in [-0.2, -0.15) is 0 Å². The highest BCUT2D eigenvalue weighted by atomic mass is 32.1. The van der Waals surface area contributed by atoms with Crippen LogP contribution in [0.3, 0.4) is 0 Å². The molecule has 3 rings (SSSR count). The minimum absolute atomic E-state index is 0.110. The molecule has 1 aliphatic rings. The van der Waals surface area contributed by atoms with E-state index in [0.29, 0.717) is 6.04 Å². The summed E-state index contributed by atoms with van der Waals surface area (Å²) in [5.74, 6) is 0. The Balaban J connectivity index is 1.90. The standard InChI is InChI=1S/C15H20N2OS2/c1-3-4-12-14(9-18)20-15(16-12)17-7-5-13-11(10(17)2)6-8-19-13/h6,8,10,18H,3-5,7,9H2,1-2H3.